The molecule has 2 rings (SSSR count). The van der Waals surface area contributed by atoms with Crippen molar-refractivity contribution in [2.75, 3.05) is 19.0 Å². The second-order valence-corrected chi connectivity index (χ2v) is 4.52. The van der Waals surface area contributed by atoms with Crippen LogP contribution in [0.1, 0.15) is 15.9 Å². The van der Waals surface area contributed by atoms with Crippen LogP contribution >= 0.6 is 0 Å². The first-order chi connectivity index (χ1) is 10.1. The second kappa shape index (κ2) is 6.85. The minimum Gasteiger partial charge on any atom is -0.507 e. The number of rotatable bonds is 5. The standard InChI is InChI=1S/C16H16FNO3/c1-21-9-8-11-4-2-3-5-14(11)18-16(20)13-7-6-12(17)10-15(13)19/h2-7,10,19H,8-9H2,1H3,(H,18,20). The van der Waals surface area contributed by atoms with Crippen LogP contribution in [0.15, 0.2) is 42.5 Å². The summed E-state index contributed by atoms with van der Waals surface area (Å²) < 4.78 is 18.0. The predicted molar refractivity (Wildman–Crippen MR) is 78.0 cm³/mol. The average Bonchev–Trinajstić information content (AvgIpc) is 2.46. The number of amides is 1. The molecule has 110 valence electrons. The molecule has 5 heteroatoms. The number of benzene rings is 2. The Morgan fingerprint density at radius 2 is 2.05 bits per heavy atom. The van der Waals surface area contributed by atoms with E-state index >= 15 is 0 Å². The molecule has 0 spiro atoms. The fourth-order valence-corrected chi connectivity index (χ4v) is 1.96. The first-order valence-electron chi connectivity index (χ1n) is 6.48. The molecule has 2 aromatic rings. The van der Waals surface area contributed by atoms with E-state index in [0.29, 0.717) is 18.7 Å². The van der Waals surface area contributed by atoms with Gasteiger partial charge < -0.3 is 15.2 Å². The van der Waals surface area contributed by atoms with Gasteiger partial charge >= 0.3 is 0 Å². The highest BCUT2D eigenvalue weighted by Crippen LogP contribution is 2.21. The number of anilines is 1. The smallest absolute Gasteiger partial charge is 0.259 e. The fourth-order valence-electron chi connectivity index (χ4n) is 1.96. The van der Waals surface area contributed by atoms with Gasteiger partial charge in [-0.15, -0.1) is 0 Å². The summed E-state index contributed by atoms with van der Waals surface area (Å²) in [4.78, 5) is 12.1. The van der Waals surface area contributed by atoms with Crippen LogP contribution in [0.4, 0.5) is 10.1 Å². The van der Waals surface area contributed by atoms with E-state index in [9.17, 15) is 14.3 Å². The van der Waals surface area contributed by atoms with Crippen molar-refractivity contribution in [3.05, 3.63) is 59.4 Å². The summed E-state index contributed by atoms with van der Waals surface area (Å²) in [7, 11) is 1.61. The Bertz CT molecular complexity index is 643. The minimum absolute atomic E-state index is 0.0259. The maximum Gasteiger partial charge on any atom is 0.259 e. The number of ether oxygens (including phenoxy) is 1. The van der Waals surface area contributed by atoms with Crippen LogP contribution in [-0.4, -0.2) is 24.7 Å². The van der Waals surface area contributed by atoms with Crippen molar-refractivity contribution < 1.29 is 19.0 Å². The third-order valence-electron chi connectivity index (χ3n) is 3.05. The maximum atomic E-state index is 12.9. The van der Waals surface area contributed by atoms with Crippen LogP contribution in [0.25, 0.3) is 0 Å². The lowest BCUT2D eigenvalue weighted by atomic mass is 10.1. The van der Waals surface area contributed by atoms with Gasteiger partial charge in [0.15, 0.2) is 0 Å². The lowest BCUT2D eigenvalue weighted by Crippen LogP contribution is -2.14. The van der Waals surface area contributed by atoms with Crippen LogP contribution < -0.4 is 5.32 Å². The Morgan fingerprint density at radius 3 is 2.76 bits per heavy atom. The van der Waals surface area contributed by atoms with Crippen molar-refractivity contribution in [2.45, 2.75) is 6.42 Å². The molecule has 0 bridgehead atoms. The van der Waals surface area contributed by atoms with Crippen LogP contribution in [0.2, 0.25) is 0 Å². The van der Waals surface area contributed by atoms with Gasteiger partial charge in [0.25, 0.3) is 5.91 Å². The average molecular weight is 289 g/mol. The normalized spacial score (nSPS) is 10.4. The molecule has 0 aliphatic rings. The first kappa shape index (κ1) is 15.0. The number of phenolic OH excluding ortho intramolecular Hbond substituents is 1. The van der Waals surface area contributed by atoms with Gasteiger partial charge in [-0.3, -0.25) is 4.79 Å². The molecule has 2 N–H and O–H groups in total. The molecule has 0 saturated heterocycles. The predicted octanol–water partition coefficient (Wildman–Crippen LogP) is 2.97. The Kier molecular flexibility index (Phi) is 4.90. The summed E-state index contributed by atoms with van der Waals surface area (Å²) in [6, 6.07) is 10.6. The van der Waals surface area contributed by atoms with Gasteiger partial charge in [-0.2, -0.15) is 0 Å². The van der Waals surface area contributed by atoms with Crippen molar-refractivity contribution in [3.8, 4) is 5.75 Å². The van der Waals surface area contributed by atoms with Crippen molar-refractivity contribution >= 4 is 11.6 Å². The summed E-state index contributed by atoms with van der Waals surface area (Å²) in [5.41, 5.74) is 1.59. The molecule has 21 heavy (non-hydrogen) atoms. The lowest BCUT2D eigenvalue weighted by Gasteiger charge is -2.11. The highest BCUT2D eigenvalue weighted by molar-refractivity contribution is 6.06. The zero-order chi connectivity index (χ0) is 15.2. The van der Waals surface area contributed by atoms with Gasteiger partial charge in [0.2, 0.25) is 0 Å². The monoisotopic (exact) mass is 289 g/mol. The summed E-state index contributed by atoms with van der Waals surface area (Å²) >= 11 is 0. The molecule has 0 saturated carbocycles. The molecule has 0 aliphatic heterocycles. The van der Waals surface area contributed by atoms with Crippen LogP contribution in [0.3, 0.4) is 0 Å². The quantitative estimate of drug-likeness (QED) is 0.889. The molecule has 0 aromatic heterocycles. The summed E-state index contributed by atoms with van der Waals surface area (Å²) in [5.74, 6) is -1.47. The molecule has 1 amide bonds. The van der Waals surface area contributed by atoms with Gasteiger partial charge in [-0.25, -0.2) is 4.39 Å². The van der Waals surface area contributed by atoms with Crippen LogP contribution in [0, 0.1) is 5.82 Å². The Hall–Kier alpha value is -2.40. The Morgan fingerprint density at radius 1 is 1.29 bits per heavy atom. The zero-order valence-electron chi connectivity index (χ0n) is 11.6. The number of methoxy groups -OCH3 is 1. The molecule has 0 atom stereocenters. The molecule has 2 aromatic carbocycles. The molecular weight excluding hydrogens is 273 g/mol. The van der Waals surface area contributed by atoms with Crippen LogP contribution in [-0.2, 0) is 11.2 Å². The van der Waals surface area contributed by atoms with Gasteiger partial charge in [0, 0.05) is 18.9 Å². The number of para-hydroxylation sites is 1. The summed E-state index contributed by atoms with van der Waals surface area (Å²) in [6.07, 6.45) is 0.655. The Labute approximate surface area is 122 Å². The number of carbonyl (C=O) groups is 1. The van der Waals surface area contributed by atoms with Gasteiger partial charge in [0.1, 0.15) is 11.6 Å². The zero-order valence-corrected chi connectivity index (χ0v) is 11.6. The lowest BCUT2D eigenvalue weighted by molar-refractivity contribution is 0.102. The summed E-state index contributed by atoms with van der Waals surface area (Å²) in [6.45, 7) is 0.536. The van der Waals surface area contributed by atoms with E-state index in [1.807, 2.05) is 12.1 Å². The van der Waals surface area contributed by atoms with E-state index in [0.717, 1.165) is 17.7 Å². The molecule has 0 radical (unpaired) electrons. The highest BCUT2D eigenvalue weighted by Gasteiger charge is 2.13. The van der Waals surface area contributed by atoms with Gasteiger partial charge in [-0.05, 0) is 30.2 Å². The number of halogens is 1. The molecule has 0 unspecified atom stereocenters. The van der Waals surface area contributed by atoms with Gasteiger partial charge in [-0.1, -0.05) is 18.2 Å². The third-order valence-corrected chi connectivity index (χ3v) is 3.05. The number of nitrogens with one attached hydrogen (secondary N) is 1. The molecule has 0 aliphatic carbocycles. The molecular formula is C16H16FNO3. The molecule has 0 fully saturated rings. The number of aromatic hydroxyl groups is 1. The first-order valence-corrected chi connectivity index (χ1v) is 6.48. The number of hydrogen-bond donors (Lipinski definition) is 2. The number of hydrogen-bond acceptors (Lipinski definition) is 3. The minimum atomic E-state index is -0.593. The number of carbonyl (C=O) groups excluding carboxylic acids is 1. The number of phenols is 1. The van der Waals surface area contributed by atoms with E-state index < -0.39 is 11.7 Å². The Balaban J connectivity index is 2.19. The van der Waals surface area contributed by atoms with E-state index in [1.165, 1.54) is 6.07 Å². The van der Waals surface area contributed by atoms with E-state index in [-0.39, 0.29) is 11.3 Å². The molecule has 0 heterocycles. The van der Waals surface area contributed by atoms with Crippen LogP contribution in [0.5, 0.6) is 5.75 Å². The summed E-state index contributed by atoms with van der Waals surface area (Å²) in [5, 5.41) is 12.3. The molecule has 4 nitrogen and oxygen atoms in total. The van der Waals surface area contributed by atoms with Crippen molar-refractivity contribution in [2.24, 2.45) is 0 Å². The topological polar surface area (TPSA) is 58.6 Å². The second-order valence-electron chi connectivity index (χ2n) is 4.52. The van der Waals surface area contributed by atoms with E-state index in [4.69, 9.17) is 4.74 Å². The van der Waals surface area contributed by atoms with Crippen molar-refractivity contribution in [3.63, 3.8) is 0 Å². The SMILES string of the molecule is COCCc1ccccc1NC(=O)c1ccc(F)cc1O. The van der Waals surface area contributed by atoms with Gasteiger partial charge in [0.05, 0.1) is 12.2 Å². The fraction of sp³-hybridized carbons (Fsp3) is 0.188. The van der Waals surface area contributed by atoms with E-state index in [1.54, 1.807) is 19.2 Å². The van der Waals surface area contributed by atoms with Crippen molar-refractivity contribution in [1.82, 2.24) is 0 Å². The highest BCUT2D eigenvalue weighted by atomic mass is 19.1. The maximum absolute atomic E-state index is 12.9. The van der Waals surface area contributed by atoms with E-state index in [2.05, 4.69) is 5.32 Å². The largest absolute Gasteiger partial charge is 0.507 e. The third kappa shape index (κ3) is 3.79. The van der Waals surface area contributed by atoms with Crippen molar-refractivity contribution in [1.29, 1.82) is 0 Å².